The molecule has 1 saturated carbocycles. The summed E-state index contributed by atoms with van der Waals surface area (Å²) in [4.78, 5) is 34.5. The standard InChI is InChI=1S/C16H17F3N2O4/c1-8(22)20-11-6-9(5-10(7-11)16(17,18)19)14(23)21-13-4-2-3-12(13)15(24)25/h5-7,12-13H,2-4H2,1H3,(H,20,22)(H,21,23)(H,24,25)/t12-,13+/m0/s1. The Labute approximate surface area is 141 Å². The molecule has 0 aliphatic heterocycles. The summed E-state index contributed by atoms with van der Waals surface area (Å²) in [6, 6.07) is 1.89. The van der Waals surface area contributed by atoms with Crippen LogP contribution in [0.5, 0.6) is 0 Å². The van der Waals surface area contributed by atoms with E-state index in [0.29, 0.717) is 25.3 Å². The third kappa shape index (κ3) is 4.71. The van der Waals surface area contributed by atoms with Gasteiger partial charge in [0, 0.05) is 24.2 Å². The van der Waals surface area contributed by atoms with E-state index in [2.05, 4.69) is 10.6 Å². The predicted octanol–water partition coefficient (Wildman–Crippen LogP) is 2.65. The molecule has 0 radical (unpaired) electrons. The van der Waals surface area contributed by atoms with E-state index in [4.69, 9.17) is 5.11 Å². The number of amides is 2. The van der Waals surface area contributed by atoms with E-state index in [1.807, 2.05) is 0 Å². The maximum atomic E-state index is 13.0. The fraction of sp³-hybridized carbons (Fsp3) is 0.438. The van der Waals surface area contributed by atoms with E-state index in [9.17, 15) is 27.6 Å². The molecule has 136 valence electrons. The molecule has 0 aromatic heterocycles. The summed E-state index contributed by atoms with van der Waals surface area (Å²) < 4.78 is 39.0. The first-order chi connectivity index (χ1) is 11.6. The number of carbonyl (C=O) groups is 3. The molecule has 3 N–H and O–H groups in total. The van der Waals surface area contributed by atoms with E-state index in [-0.39, 0.29) is 11.3 Å². The number of carboxylic acid groups (broad SMARTS) is 1. The van der Waals surface area contributed by atoms with Crippen LogP contribution in [-0.2, 0) is 15.8 Å². The van der Waals surface area contributed by atoms with E-state index in [1.54, 1.807) is 0 Å². The van der Waals surface area contributed by atoms with Gasteiger partial charge in [-0.3, -0.25) is 14.4 Å². The van der Waals surface area contributed by atoms with Gasteiger partial charge < -0.3 is 15.7 Å². The number of carboxylic acids is 1. The lowest BCUT2D eigenvalue weighted by atomic mass is 10.0. The molecule has 0 unspecified atom stereocenters. The summed E-state index contributed by atoms with van der Waals surface area (Å²) in [5.41, 5.74) is -1.53. The zero-order chi connectivity index (χ0) is 18.8. The summed E-state index contributed by atoms with van der Waals surface area (Å²) in [7, 11) is 0. The van der Waals surface area contributed by atoms with Crippen LogP contribution in [0.1, 0.15) is 42.1 Å². The van der Waals surface area contributed by atoms with Crippen molar-refractivity contribution in [3.05, 3.63) is 29.3 Å². The van der Waals surface area contributed by atoms with Crippen LogP contribution < -0.4 is 10.6 Å². The second kappa shape index (κ2) is 7.12. The highest BCUT2D eigenvalue weighted by Gasteiger charge is 2.35. The maximum Gasteiger partial charge on any atom is 0.416 e. The fourth-order valence-electron chi connectivity index (χ4n) is 2.88. The minimum Gasteiger partial charge on any atom is -0.481 e. The number of aliphatic carboxylic acids is 1. The molecule has 6 nitrogen and oxygen atoms in total. The number of halogens is 3. The van der Waals surface area contributed by atoms with Crippen molar-refractivity contribution in [2.24, 2.45) is 5.92 Å². The Bertz CT molecular complexity index is 703. The Morgan fingerprint density at radius 2 is 1.84 bits per heavy atom. The Kier molecular flexibility index (Phi) is 5.34. The zero-order valence-electron chi connectivity index (χ0n) is 13.3. The Hall–Kier alpha value is -2.58. The van der Waals surface area contributed by atoms with Crippen LogP contribution in [0.4, 0.5) is 18.9 Å². The fourth-order valence-corrected chi connectivity index (χ4v) is 2.88. The number of hydrogen-bond donors (Lipinski definition) is 3. The van der Waals surface area contributed by atoms with Gasteiger partial charge in [-0.15, -0.1) is 0 Å². The van der Waals surface area contributed by atoms with Gasteiger partial charge in [-0.25, -0.2) is 0 Å². The number of carbonyl (C=O) groups excluding carboxylic acids is 2. The summed E-state index contributed by atoms with van der Waals surface area (Å²) in [6.45, 7) is 1.13. The van der Waals surface area contributed by atoms with Gasteiger partial charge in [0.1, 0.15) is 0 Å². The molecule has 0 saturated heterocycles. The van der Waals surface area contributed by atoms with Crippen molar-refractivity contribution >= 4 is 23.5 Å². The molecule has 2 atom stereocenters. The number of hydrogen-bond acceptors (Lipinski definition) is 3. The van der Waals surface area contributed by atoms with Gasteiger partial charge in [0.05, 0.1) is 11.5 Å². The molecule has 25 heavy (non-hydrogen) atoms. The summed E-state index contributed by atoms with van der Waals surface area (Å²) in [5, 5.41) is 13.8. The van der Waals surface area contributed by atoms with Crippen LogP contribution in [0.2, 0.25) is 0 Å². The molecule has 1 aromatic carbocycles. The van der Waals surface area contributed by atoms with E-state index >= 15 is 0 Å². The van der Waals surface area contributed by atoms with Crippen LogP contribution in [0.3, 0.4) is 0 Å². The predicted molar refractivity (Wildman–Crippen MR) is 82.0 cm³/mol. The molecule has 1 fully saturated rings. The summed E-state index contributed by atoms with van der Waals surface area (Å²) in [6.07, 6.45) is -3.23. The lowest BCUT2D eigenvalue weighted by Gasteiger charge is -2.18. The average molecular weight is 358 g/mol. The number of rotatable bonds is 4. The molecule has 2 rings (SSSR count). The second-order valence-corrected chi connectivity index (χ2v) is 5.93. The van der Waals surface area contributed by atoms with E-state index in [0.717, 1.165) is 19.1 Å². The minimum absolute atomic E-state index is 0.159. The Balaban J connectivity index is 2.28. The van der Waals surface area contributed by atoms with Gasteiger partial charge in [-0.2, -0.15) is 13.2 Å². The van der Waals surface area contributed by atoms with Crippen molar-refractivity contribution in [2.75, 3.05) is 5.32 Å². The smallest absolute Gasteiger partial charge is 0.416 e. The van der Waals surface area contributed by atoms with Crippen molar-refractivity contribution in [2.45, 2.75) is 38.4 Å². The van der Waals surface area contributed by atoms with E-state index < -0.39 is 41.5 Å². The molecule has 2 amide bonds. The molecule has 0 heterocycles. The normalized spacial score (nSPS) is 20.2. The van der Waals surface area contributed by atoms with Crippen molar-refractivity contribution < 1.29 is 32.7 Å². The number of alkyl halides is 3. The SMILES string of the molecule is CC(=O)Nc1cc(C(=O)N[C@@H]2CCC[C@@H]2C(=O)O)cc(C(F)(F)F)c1. The van der Waals surface area contributed by atoms with Crippen molar-refractivity contribution in [3.8, 4) is 0 Å². The van der Waals surface area contributed by atoms with Gasteiger partial charge in [-0.05, 0) is 31.0 Å². The van der Waals surface area contributed by atoms with Gasteiger partial charge in [-0.1, -0.05) is 6.42 Å². The first kappa shape index (κ1) is 18.8. The van der Waals surface area contributed by atoms with Gasteiger partial charge >= 0.3 is 12.1 Å². The highest BCUT2D eigenvalue weighted by Crippen LogP contribution is 2.32. The summed E-state index contributed by atoms with van der Waals surface area (Å²) >= 11 is 0. The molecule has 1 aliphatic carbocycles. The van der Waals surface area contributed by atoms with E-state index in [1.165, 1.54) is 0 Å². The maximum absolute atomic E-state index is 13.0. The highest BCUT2D eigenvalue weighted by molar-refractivity contribution is 5.97. The molecule has 9 heteroatoms. The van der Waals surface area contributed by atoms with Crippen LogP contribution >= 0.6 is 0 Å². The van der Waals surface area contributed by atoms with Crippen molar-refractivity contribution in [1.29, 1.82) is 0 Å². The molecule has 0 spiro atoms. The summed E-state index contributed by atoms with van der Waals surface area (Å²) in [5.74, 6) is -3.20. The molecule has 0 bridgehead atoms. The first-order valence-electron chi connectivity index (χ1n) is 7.61. The molecule has 1 aliphatic rings. The largest absolute Gasteiger partial charge is 0.481 e. The van der Waals surface area contributed by atoms with Crippen LogP contribution in [0.25, 0.3) is 0 Å². The topological polar surface area (TPSA) is 95.5 Å². The zero-order valence-corrected chi connectivity index (χ0v) is 13.3. The van der Waals surface area contributed by atoms with Gasteiger partial charge in [0.2, 0.25) is 5.91 Å². The quantitative estimate of drug-likeness (QED) is 0.771. The van der Waals surface area contributed by atoms with Crippen LogP contribution in [0.15, 0.2) is 18.2 Å². The lowest BCUT2D eigenvalue weighted by Crippen LogP contribution is -2.40. The monoisotopic (exact) mass is 358 g/mol. The second-order valence-electron chi connectivity index (χ2n) is 5.93. The molecule has 1 aromatic rings. The third-order valence-corrected chi connectivity index (χ3v) is 3.99. The van der Waals surface area contributed by atoms with Crippen molar-refractivity contribution in [1.82, 2.24) is 5.32 Å². The third-order valence-electron chi connectivity index (χ3n) is 3.99. The lowest BCUT2D eigenvalue weighted by molar-refractivity contribution is -0.142. The Morgan fingerprint density at radius 3 is 2.40 bits per heavy atom. The number of nitrogens with one attached hydrogen (secondary N) is 2. The van der Waals surface area contributed by atoms with Crippen LogP contribution in [-0.4, -0.2) is 28.9 Å². The Morgan fingerprint density at radius 1 is 1.16 bits per heavy atom. The van der Waals surface area contributed by atoms with Crippen molar-refractivity contribution in [3.63, 3.8) is 0 Å². The average Bonchev–Trinajstić information content (AvgIpc) is 2.93. The minimum atomic E-state index is -4.69. The molecular weight excluding hydrogens is 341 g/mol. The van der Waals surface area contributed by atoms with Gasteiger partial charge in [0.15, 0.2) is 0 Å². The first-order valence-corrected chi connectivity index (χ1v) is 7.61. The van der Waals surface area contributed by atoms with Gasteiger partial charge in [0.25, 0.3) is 5.91 Å². The highest BCUT2D eigenvalue weighted by atomic mass is 19.4. The van der Waals surface area contributed by atoms with Crippen LogP contribution in [0, 0.1) is 5.92 Å². The number of anilines is 1. The number of benzene rings is 1. The molecular formula is C16H17F3N2O4.